The van der Waals surface area contributed by atoms with Crippen molar-refractivity contribution in [3.05, 3.63) is 28.8 Å². The highest BCUT2D eigenvalue weighted by Gasteiger charge is 2.28. The highest BCUT2D eigenvalue weighted by molar-refractivity contribution is 6.05. The van der Waals surface area contributed by atoms with E-state index in [2.05, 4.69) is 36.3 Å². The van der Waals surface area contributed by atoms with Crippen molar-refractivity contribution in [2.24, 2.45) is 4.99 Å². The number of aryl methyl sites for hydroxylation is 2. The minimum Gasteiger partial charge on any atom is -0.329 e. The number of nitrogens with one attached hydrogen (secondary N) is 1. The normalized spacial score (nSPS) is 17.8. The third kappa shape index (κ3) is 1.30. The summed E-state index contributed by atoms with van der Waals surface area (Å²) in [6.07, 6.45) is 0. The van der Waals surface area contributed by atoms with Gasteiger partial charge in [0.15, 0.2) is 0 Å². The van der Waals surface area contributed by atoms with Gasteiger partial charge in [0.1, 0.15) is 6.54 Å². The molecule has 1 fully saturated rings. The molecule has 1 N–H and O–H groups in total. The lowest BCUT2D eigenvalue weighted by molar-refractivity contribution is -0.118. The molecule has 0 spiro atoms. The van der Waals surface area contributed by atoms with Crippen molar-refractivity contribution in [3.8, 4) is 0 Å². The van der Waals surface area contributed by atoms with Crippen molar-refractivity contribution in [2.75, 3.05) is 6.54 Å². The number of fused-ring (bicyclic) bond motifs is 2. The molecule has 1 saturated heterocycles. The Morgan fingerprint density at radius 3 is 2.81 bits per heavy atom. The van der Waals surface area contributed by atoms with Gasteiger partial charge in [-0.3, -0.25) is 10.1 Å². The maximum atomic E-state index is 11.3. The number of amides is 1. The Bertz CT molecular complexity index is 519. The Balaban J connectivity index is 2.09. The van der Waals surface area contributed by atoms with Crippen LogP contribution in [-0.2, 0) is 11.3 Å². The molecule has 2 aliphatic rings. The SMILES string of the molecule is Cc1cc2c(cc1C)N=C1NC(=O)CN1C2. The number of nitrogens with zero attached hydrogens (tertiary/aromatic N) is 2. The van der Waals surface area contributed by atoms with Crippen LogP contribution in [0.3, 0.4) is 0 Å². The largest absolute Gasteiger partial charge is 0.329 e. The molecular weight excluding hydrogens is 202 g/mol. The van der Waals surface area contributed by atoms with Gasteiger partial charge in [0, 0.05) is 6.54 Å². The number of hydrogen-bond donors (Lipinski definition) is 1. The Morgan fingerprint density at radius 2 is 2.00 bits per heavy atom. The van der Waals surface area contributed by atoms with Crippen LogP contribution in [-0.4, -0.2) is 23.3 Å². The van der Waals surface area contributed by atoms with Crippen LogP contribution in [0.1, 0.15) is 16.7 Å². The highest BCUT2D eigenvalue weighted by atomic mass is 16.2. The maximum Gasteiger partial charge on any atom is 0.246 e. The van der Waals surface area contributed by atoms with Gasteiger partial charge >= 0.3 is 0 Å². The van der Waals surface area contributed by atoms with E-state index in [9.17, 15) is 4.79 Å². The Kier molecular flexibility index (Phi) is 1.80. The fourth-order valence-electron chi connectivity index (χ4n) is 2.13. The zero-order chi connectivity index (χ0) is 11.3. The van der Waals surface area contributed by atoms with Gasteiger partial charge in [-0.25, -0.2) is 4.99 Å². The summed E-state index contributed by atoms with van der Waals surface area (Å²) in [4.78, 5) is 17.7. The van der Waals surface area contributed by atoms with Crippen LogP contribution < -0.4 is 5.32 Å². The average molecular weight is 215 g/mol. The number of carbonyl (C=O) groups excluding carboxylic acids is 1. The molecule has 1 aromatic carbocycles. The molecule has 16 heavy (non-hydrogen) atoms. The molecule has 0 aliphatic carbocycles. The summed E-state index contributed by atoms with van der Waals surface area (Å²) in [6.45, 7) is 5.37. The lowest BCUT2D eigenvalue weighted by Crippen LogP contribution is -2.32. The molecule has 4 heteroatoms. The molecule has 4 nitrogen and oxygen atoms in total. The van der Waals surface area contributed by atoms with Gasteiger partial charge in [0.25, 0.3) is 0 Å². The van der Waals surface area contributed by atoms with E-state index in [1.54, 1.807) is 0 Å². The van der Waals surface area contributed by atoms with Gasteiger partial charge in [-0.2, -0.15) is 0 Å². The molecular formula is C12H13N3O. The summed E-state index contributed by atoms with van der Waals surface area (Å²) < 4.78 is 0. The number of aliphatic imine (C=N–C) groups is 1. The fourth-order valence-corrected chi connectivity index (χ4v) is 2.13. The summed E-state index contributed by atoms with van der Waals surface area (Å²) in [6, 6.07) is 4.24. The first-order valence-corrected chi connectivity index (χ1v) is 5.37. The predicted octanol–water partition coefficient (Wildman–Crippen LogP) is 1.24. The Labute approximate surface area is 94.0 Å². The third-order valence-corrected chi connectivity index (χ3v) is 3.17. The van der Waals surface area contributed by atoms with E-state index in [1.165, 1.54) is 16.7 Å². The summed E-state index contributed by atoms with van der Waals surface area (Å²) in [5, 5.41) is 2.77. The van der Waals surface area contributed by atoms with E-state index in [-0.39, 0.29) is 5.91 Å². The second-order valence-electron chi connectivity index (χ2n) is 4.40. The minimum atomic E-state index is 0.0278. The summed E-state index contributed by atoms with van der Waals surface area (Å²) in [7, 11) is 0. The average Bonchev–Trinajstić information content (AvgIpc) is 2.56. The van der Waals surface area contributed by atoms with E-state index >= 15 is 0 Å². The topological polar surface area (TPSA) is 44.7 Å². The molecule has 0 unspecified atom stereocenters. The highest BCUT2D eigenvalue weighted by Crippen LogP contribution is 2.29. The Hall–Kier alpha value is -1.84. The number of guanidine groups is 1. The van der Waals surface area contributed by atoms with E-state index in [0.717, 1.165) is 12.2 Å². The summed E-state index contributed by atoms with van der Waals surface area (Å²) in [5.74, 6) is 0.723. The number of hydrogen-bond acceptors (Lipinski definition) is 3. The summed E-state index contributed by atoms with van der Waals surface area (Å²) in [5.41, 5.74) is 4.69. The predicted molar refractivity (Wildman–Crippen MR) is 61.6 cm³/mol. The molecule has 0 aromatic heterocycles. The monoisotopic (exact) mass is 215 g/mol. The van der Waals surface area contributed by atoms with E-state index in [0.29, 0.717) is 12.5 Å². The lowest BCUT2D eigenvalue weighted by Gasteiger charge is -2.23. The molecule has 82 valence electrons. The van der Waals surface area contributed by atoms with Gasteiger partial charge < -0.3 is 4.90 Å². The summed E-state index contributed by atoms with van der Waals surface area (Å²) >= 11 is 0. The van der Waals surface area contributed by atoms with Crippen LogP contribution in [0.4, 0.5) is 5.69 Å². The second-order valence-corrected chi connectivity index (χ2v) is 4.40. The molecule has 0 bridgehead atoms. The lowest BCUT2D eigenvalue weighted by atomic mass is 10.0. The van der Waals surface area contributed by atoms with Crippen molar-refractivity contribution in [1.82, 2.24) is 10.2 Å². The molecule has 0 atom stereocenters. The van der Waals surface area contributed by atoms with Crippen molar-refractivity contribution in [3.63, 3.8) is 0 Å². The number of carbonyl (C=O) groups is 1. The van der Waals surface area contributed by atoms with Gasteiger partial charge in [-0.05, 0) is 36.6 Å². The first kappa shape index (κ1) is 9.39. The van der Waals surface area contributed by atoms with Gasteiger partial charge in [-0.15, -0.1) is 0 Å². The van der Waals surface area contributed by atoms with Gasteiger partial charge in [-0.1, -0.05) is 6.07 Å². The second kappa shape index (κ2) is 3.07. The van der Waals surface area contributed by atoms with Crippen LogP contribution in [0, 0.1) is 13.8 Å². The first-order chi connectivity index (χ1) is 7.63. The van der Waals surface area contributed by atoms with Crippen LogP contribution >= 0.6 is 0 Å². The van der Waals surface area contributed by atoms with Gasteiger partial charge in [0.2, 0.25) is 11.9 Å². The van der Waals surface area contributed by atoms with Crippen molar-refractivity contribution in [1.29, 1.82) is 0 Å². The van der Waals surface area contributed by atoms with Crippen molar-refractivity contribution < 1.29 is 4.79 Å². The smallest absolute Gasteiger partial charge is 0.246 e. The minimum absolute atomic E-state index is 0.0278. The van der Waals surface area contributed by atoms with E-state index in [4.69, 9.17) is 0 Å². The van der Waals surface area contributed by atoms with Crippen LogP contribution in [0.2, 0.25) is 0 Å². The Morgan fingerprint density at radius 1 is 1.25 bits per heavy atom. The fraction of sp³-hybridized carbons (Fsp3) is 0.333. The molecule has 1 aromatic rings. The zero-order valence-corrected chi connectivity index (χ0v) is 9.37. The maximum absolute atomic E-state index is 11.3. The van der Waals surface area contributed by atoms with Crippen molar-refractivity contribution >= 4 is 17.6 Å². The van der Waals surface area contributed by atoms with Crippen LogP contribution in [0.5, 0.6) is 0 Å². The molecule has 3 rings (SSSR count). The molecule has 2 heterocycles. The standard InChI is InChI=1S/C12H13N3O/c1-7-3-9-5-15-6-11(16)14-12(15)13-10(9)4-8(7)2/h3-4H,5-6H2,1-2H3,(H,13,14,16). The molecule has 2 aliphatic heterocycles. The van der Waals surface area contributed by atoms with Gasteiger partial charge in [0.05, 0.1) is 5.69 Å². The zero-order valence-electron chi connectivity index (χ0n) is 9.37. The van der Waals surface area contributed by atoms with Crippen LogP contribution in [0.15, 0.2) is 17.1 Å². The molecule has 0 saturated carbocycles. The molecule has 1 amide bonds. The molecule has 0 radical (unpaired) electrons. The van der Waals surface area contributed by atoms with E-state index in [1.807, 2.05) is 4.90 Å². The van der Waals surface area contributed by atoms with E-state index < -0.39 is 0 Å². The number of benzene rings is 1. The first-order valence-electron chi connectivity index (χ1n) is 5.37. The third-order valence-electron chi connectivity index (χ3n) is 3.17. The quantitative estimate of drug-likeness (QED) is 0.707. The number of rotatable bonds is 0. The van der Waals surface area contributed by atoms with Crippen LogP contribution in [0.25, 0.3) is 0 Å². The van der Waals surface area contributed by atoms with Crippen molar-refractivity contribution in [2.45, 2.75) is 20.4 Å².